The summed E-state index contributed by atoms with van der Waals surface area (Å²) in [5, 5.41) is 3.78. The molecule has 98 valence electrons. The van der Waals surface area contributed by atoms with Gasteiger partial charge in [-0.05, 0) is 12.1 Å². The van der Waals surface area contributed by atoms with Crippen molar-refractivity contribution in [3.63, 3.8) is 0 Å². The summed E-state index contributed by atoms with van der Waals surface area (Å²) in [7, 11) is 3.04. The molecule has 0 aliphatic rings. The van der Waals surface area contributed by atoms with Crippen LogP contribution in [0.2, 0.25) is 0 Å². The normalized spacial score (nSPS) is 11.6. The molecule has 0 unspecified atom stereocenters. The molecule has 2 aromatic rings. The molecule has 0 spiro atoms. The number of hydrogen-bond acceptors (Lipinski definition) is 3. The second-order valence-corrected chi connectivity index (χ2v) is 4.22. The zero-order valence-corrected chi connectivity index (χ0v) is 10.9. The minimum absolute atomic E-state index is 0.364. The first-order valence-corrected chi connectivity index (χ1v) is 5.79. The quantitative estimate of drug-likeness (QED) is 0.777. The summed E-state index contributed by atoms with van der Waals surface area (Å²) in [5.74, 6) is 0. The Kier molecular flexibility index (Phi) is 3.37. The van der Waals surface area contributed by atoms with Gasteiger partial charge < -0.3 is 5.32 Å². The highest BCUT2D eigenvalue weighted by Gasteiger charge is 2.02. The molecule has 0 radical (unpaired) electrons. The maximum Gasteiger partial charge on any atom is 0.330 e. The summed E-state index contributed by atoms with van der Waals surface area (Å²) in [6, 6.07) is 9.45. The molecule has 0 saturated heterocycles. The first-order valence-electron chi connectivity index (χ1n) is 5.79. The van der Waals surface area contributed by atoms with Crippen LogP contribution in [0.3, 0.4) is 0 Å². The molecule has 0 amide bonds. The van der Waals surface area contributed by atoms with Crippen molar-refractivity contribution in [1.29, 1.82) is 0 Å². The lowest BCUT2D eigenvalue weighted by molar-refractivity contribution is 0.661. The largest absolute Gasteiger partial charge is 0.361 e. The third kappa shape index (κ3) is 2.35. The fourth-order valence-electron chi connectivity index (χ4n) is 1.75. The number of nitrogens with one attached hydrogen (secondary N) is 1. The maximum atomic E-state index is 12.0. The highest BCUT2D eigenvalue weighted by molar-refractivity contribution is 5.53. The lowest BCUT2D eigenvalue weighted by Gasteiger charge is -2.04. The fraction of sp³-hybridized carbons (Fsp3) is 0.143. The maximum absolute atomic E-state index is 12.0. The van der Waals surface area contributed by atoms with Gasteiger partial charge in [0.15, 0.2) is 0 Å². The van der Waals surface area contributed by atoms with Crippen molar-refractivity contribution in [3.05, 3.63) is 61.7 Å². The SMILES string of the molecule is C=c1/c(=C/Nc2ccccc2)c(=O)n(C)c(=O)n1C. The van der Waals surface area contributed by atoms with Crippen molar-refractivity contribution in [2.75, 3.05) is 5.32 Å². The molecular weight excluding hydrogens is 242 g/mol. The molecule has 5 nitrogen and oxygen atoms in total. The van der Waals surface area contributed by atoms with Gasteiger partial charge >= 0.3 is 5.69 Å². The molecule has 0 saturated carbocycles. The smallest absolute Gasteiger partial charge is 0.330 e. The van der Waals surface area contributed by atoms with Crippen LogP contribution in [-0.4, -0.2) is 9.13 Å². The van der Waals surface area contributed by atoms with Gasteiger partial charge in [-0.1, -0.05) is 24.8 Å². The Morgan fingerprint density at radius 3 is 2.37 bits per heavy atom. The predicted octanol–water partition coefficient (Wildman–Crippen LogP) is -0.656. The average Bonchev–Trinajstić information content (AvgIpc) is 2.44. The van der Waals surface area contributed by atoms with Gasteiger partial charge in [0, 0.05) is 26.0 Å². The number of anilines is 1. The minimum atomic E-state index is -0.383. The van der Waals surface area contributed by atoms with E-state index in [4.69, 9.17) is 0 Å². The Bertz CT molecular complexity index is 773. The van der Waals surface area contributed by atoms with Crippen molar-refractivity contribution >= 4 is 18.5 Å². The number of rotatable bonds is 2. The molecule has 1 N–H and O–H groups in total. The van der Waals surface area contributed by atoms with Crippen LogP contribution < -0.4 is 27.1 Å². The summed E-state index contributed by atoms with van der Waals surface area (Å²) in [6.07, 6.45) is 1.57. The number of nitrogens with zero attached hydrogens (tertiary/aromatic N) is 2. The summed E-state index contributed by atoms with van der Waals surface area (Å²) in [6.45, 7) is 3.77. The molecule has 0 fully saturated rings. The van der Waals surface area contributed by atoms with Crippen LogP contribution in [0.15, 0.2) is 39.9 Å². The van der Waals surface area contributed by atoms with E-state index >= 15 is 0 Å². The van der Waals surface area contributed by atoms with E-state index in [9.17, 15) is 9.59 Å². The first kappa shape index (κ1) is 12.9. The second-order valence-electron chi connectivity index (χ2n) is 4.22. The molecule has 0 atom stereocenters. The van der Waals surface area contributed by atoms with E-state index in [1.165, 1.54) is 11.6 Å². The van der Waals surface area contributed by atoms with Gasteiger partial charge in [0.05, 0.1) is 10.6 Å². The molecule has 0 aliphatic carbocycles. The molecule has 0 bridgehead atoms. The van der Waals surface area contributed by atoms with E-state index in [1.807, 2.05) is 30.3 Å². The van der Waals surface area contributed by atoms with Crippen LogP contribution in [0.5, 0.6) is 0 Å². The number of para-hydroxylation sites is 1. The third-order valence-electron chi connectivity index (χ3n) is 2.98. The lowest BCUT2D eigenvalue weighted by Crippen LogP contribution is -2.56. The Morgan fingerprint density at radius 2 is 1.74 bits per heavy atom. The van der Waals surface area contributed by atoms with Gasteiger partial charge in [-0.2, -0.15) is 0 Å². The highest BCUT2D eigenvalue weighted by Crippen LogP contribution is 2.03. The van der Waals surface area contributed by atoms with Crippen LogP contribution in [0.25, 0.3) is 12.8 Å². The Morgan fingerprint density at radius 1 is 1.11 bits per heavy atom. The Labute approximate surface area is 109 Å². The molecule has 1 heterocycles. The molecule has 2 rings (SSSR count). The number of aromatic nitrogens is 2. The zero-order chi connectivity index (χ0) is 14.0. The molecule has 0 aliphatic heterocycles. The minimum Gasteiger partial charge on any atom is -0.361 e. The van der Waals surface area contributed by atoms with Crippen molar-refractivity contribution in [2.24, 2.45) is 14.1 Å². The van der Waals surface area contributed by atoms with E-state index < -0.39 is 0 Å². The summed E-state index contributed by atoms with van der Waals surface area (Å²) in [5.41, 5.74) is 0.112. The van der Waals surface area contributed by atoms with Crippen LogP contribution in [0.1, 0.15) is 0 Å². The van der Waals surface area contributed by atoms with Gasteiger partial charge in [0.2, 0.25) is 0 Å². The topological polar surface area (TPSA) is 56.0 Å². The summed E-state index contributed by atoms with van der Waals surface area (Å²) >= 11 is 0. The van der Waals surface area contributed by atoms with E-state index in [1.54, 1.807) is 13.2 Å². The van der Waals surface area contributed by atoms with E-state index in [-0.39, 0.29) is 11.2 Å². The second kappa shape index (κ2) is 4.97. The highest BCUT2D eigenvalue weighted by atomic mass is 16.2. The molecular formula is C14H15N3O2. The Balaban J connectivity index is 2.62. The van der Waals surface area contributed by atoms with E-state index in [0.29, 0.717) is 10.6 Å². The van der Waals surface area contributed by atoms with Crippen molar-refractivity contribution in [2.45, 2.75) is 0 Å². The molecule has 1 aromatic heterocycles. The number of hydrogen-bond donors (Lipinski definition) is 1. The predicted molar refractivity (Wildman–Crippen MR) is 76.2 cm³/mol. The van der Waals surface area contributed by atoms with Gasteiger partial charge in [-0.15, -0.1) is 0 Å². The first-order chi connectivity index (χ1) is 9.02. The van der Waals surface area contributed by atoms with E-state index in [0.717, 1.165) is 10.3 Å². The summed E-state index contributed by atoms with van der Waals surface area (Å²) in [4.78, 5) is 23.7. The van der Waals surface area contributed by atoms with Crippen LogP contribution >= 0.6 is 0 Å². The van der Waals surface area contributed by atoms with E-state index in [2.05, 4.69) is 11.9 Å². The third-order valence-corrected chi connectivity index (χ3v) is 2.98. The van der Waals surface area contributed by atoms with Crippen molar-refractivity contribution in [3.8, 4) is 0 Å². The van der Waals surface area contributed by atoms with Crippen LogP contribution in [-0.2, 0) is 14.1 Å². The Hall–Kier alpha value is -2.56. The van der Waals surface area contributed by atoms with Gasteiger partial charge in [0.1, 0.15) is 0 Å². The lowest BCUT2D eigenvalue weighted by atomic mass is 10.3. The summed E-state index contributed by atoms with van der Waals surface area (Å²) < 4.78 is 2.41. The standard InChI is InChI=1S/C14H15N3O2/c1-10-12(9-15-11-7-5-4-6-8-11)13(18)17(3)14(19)16(10)2/h4-9,15H,1H2,2-3H3/b12-9-. The molecule has 19 heavy (non-hydrogen) atoms. The van der Waals surface area contributed by atoms with Crippen LogP contribution in [0, 0.1) is 0 Å². The fourth-order valence-corrected chi connectivity index (χ4v) is 1.75. The van der Waals surface area contributed by atoms with Gasteiger partial charge in [0.25, 0.3) is 5.56 Å². The molecule has 1 aromatic carbocycles. The zero-order valence-electron chi connectivity index (χ0n) is 10.9. The van der Waals surface area contributed by atoms with Crippen LogP contribution in [0.4, 0.5) is 5.69 Å². The number of benzene rings is 1. The van der Waals surface area contributed by atoms with Gasteiger partial charge in [-0.25, -0.2) is 4.79 Å². The monoisotopic (exact) mass is 257 g/mol. The van der Waals surface area contributed by atoms with Gasteiger partial charge in [-0.3, -0.25) is 13.9 Å². The average molecular weight is 257 g/mol. The van der Waals surface area contributed by atoms with Crippen molar-refractivity contribution < 1.29 is 0 Å². The molecule has 5 heteroatoms. The van der Waals surface area contributed by atoms with Crippen molar-refractivity contribution in [1.82, 2.24) is 9.13 Å².